The van der Waals surface area contributed by atoms with Crippen LogP contribution in [-0.4, -0.2) is 27.3 Å². The van der Waals surface area contributed by atoms with E-state index in [4.69, 9.17) is 15.9 Å². The molecule has 0 aliphatic carbocycles. The maximum atomic E-state index is 11.0. The fourth-order valence-electron chi connectivity index (χ4n) is 2.22. The van der Waals surface area contributed by atoms with Crippen molar-refractivity contribution in [3.63, 3.8) is 0 Å². The summed E-state index contributed by atoms with van der Waals surface area (Å²) in [4.78, 5) is 10.6. The summed E-state index contributed by atoms with van der Waals surface area (Å²) in [6.07, 6.45) is 1.33. The summed E-state index contributed by atoms with van der Waals surface area (Å²) >= 11 is 0. The molecule has 0 spiro atoms. The van der Waals surface area contributed by atoms with Gasteiger partial charge in [0.05, 0.1) is 11.1 Å². The third-order valence-corrected chi connectivity index (χ3v) is 3.50. The number of nitrogens with zero attached hydrogens (tertiary/aromatic N) is 5. The van der Waals surface area contributed by atoms with Gasteiger partial charge in [-0.05, 0) is 29.4 Å². The number of rotatable bonds is 5. The second kappa shape index (κ2) is 6.84. The van der Waals surface area contributed by atoms with Gasteiger partial charge in [-0.25, -0.2) is 4.63 Å². The van der Waals surface area contributed by atoms with Crippen LogP contribution >= 0.6 is 0 Å². The van der Waals surface area contributed by atoms with Crippen molar-refractivity contribution in [1.29, 1.82) is 0 Å². The summed E-state index contributed by atoms with van der Waals surface area (Å²) in [5.41, 5.74) is 12.4. The molecular weight excluding hydrogens is 342 g/mol. The number of nitrogens with two attached hydrogens (primary N) is 2. The van der Waals surface area contributed by atoms with Gasteiger partial charge in [0.15, 0.2) is 17.3 Å². The molecule has 11 heteroatoms. The summed E-state index contributed by atoms with van der Waals surface area (Å²) < 4.78 is 10.0. The number of benzene rings is 1. The Labute approximate surface area is 146 Å². The minimum atomic E-state index is -0.438. The second-order valence-corrected chi connectivity index (χ2v) is 5.14. The average Bonchev–Trinajstić information content (AvgIpc) is 3.23. The molecule has 3 rings (SSSR count). The lowest BCUT2D eigenvalue weighted by atomic mass is 10.1. The molecule has 0 atom stereocenters. The van der Waals surface area contributed by atoms with E-state index in [2.05, 4.69) is 25.1 Å². The quantitative estimate of drug-likeness (QED) is 0.302. The highest BCUT2D eigenvalue weighted by Crippen LogP contribution is 2.30. The Morgan fingerprint density at radius 3 is 2.81 bits per heavy atom. The van der Waals surface area contributed by atoms with E-state index in [-0.39, 0.29) is 23.0 Å². The highest BCUT2D eigenvalue weighted by molar-refractivity contribution is 5.99. The maximum absolute atomic E-state index is 11.0. The fourth-order valence-corrected chi connectivity index (χ4v) is 2.22. The molecule has 2 heterocycles. The SMILES string of the molecule is Cc1c(-c2ccc(/C=N/N=C(\N)c3nonc3N)o2)cccc1[N+](=O)[O-]. The van der Waals surface area contributed by atoms with Crippen molar-refractivity contribution in [1.82, 2.24) is 10.3 Å². The van der Waals surface area contributed by atoms with Gasteiger partial charge >= 0.3 is 0 Å². The Hall–Kier alpha value is -4.02. The highest BCUT2D eigenvalue weighted by Gasteiger charge is 2.16. The molecule has 0 amide bonds. The first-order valence-corrected chi connectivity index (χ1v) is 7.26. The van der Waals surface area contributed by atoms with E-state index in [0.717, 1.165) is 0 Å². The Morgan fingerprint density at radius 2 is 2.12 bits per heavy atom. The first-order valence-electron chi connectivity index (χ1n) is 7.26. The van der Waals surface area contributed by atoms with E-state index in [9.17, 15) is 10.1 Å². The molecule has 132 valence electrons. The Bertz CT molecular complexity index is 1020. The zero-order valence-corrected chi connectivity index (χ0v) is 13.5. The van der Waals surface area contributed by atoms with Crippen molar-refractivity contribution in [2.45, 2.75) is 6.92 Å². The number of nitro groups is 1. The van der Waals surface area contributed by atoms with E-state index in [1.54, 1.807) is 31.2 Å². The smallest absolute Gasteiger partial charge is 0.273 e. The standard InChI is InChI=1S/C15H13N7O4/c1-8-10(3-2-4-11(8)22(23)24)12-6-5-9(25-12)7-18-19-14(16)13-15(17)21-26-20-13/h2-7H,1H3,(H2,16,19)(H2,17,21)/b18-7+. The van der Waals surface area contributed by atoms with Crippen LogP contribution in [0.25, 0.3) is 11.3 Å². The molecule has 0 aliphatic rings. The highest BCUT2D eigenvalue weighted by atomic mass is 16.6. The van der Waals surface area contributed by atoms with Gasteiger partial charge in [0.25, 0.3) is 5.69 Å². The lowest BCUT2D eigenvalue weighted by Crippen LogP contribution is -2.15. The van der Waals surface area contributed by atoms with Crippen molar-refractivity contribution in [2.24, 2.45) is 15.9 Å². The zero-order chi connectivity index (χ0) is 18.7. The van der Waals surface area contributed by atoms with Crippen molar-refractivity contribution < 1.29 is 14.0 Å². The molecule has 11 nitrogen and oxygen atoms in total. The largest absolute Gasteiger partial charge is 0.455 e. The summed E-state index contributed by atoms with van der Waals surface area (Å²) in [6, 6.07) is 8.09. The predicted molar refractivity (Wildman–Crippen MR) is 92.6 cm³/mol. The Balaban J connectivity index is 1.82. The van der Waals surface area contributed by atoms with Crippen LogP contribution in [0.4, 0.5) is 11.5 Å². The molecule has 0 unspecified atom stereocenters. The van der Waals surface area contributed by atoms with E-state index >= 15 is 0 Å². The van der Waals surface area contributed by atoms with Crippen molar-refractivity contribution in [2.75, 3.05) is 5.73 Å². The molecule has 0 radical (unpaired) electrons. The van der Waals surface area contributed by atoms with E-state index in [1.165, 1.54) is 12.3 Å². The number of amidine groups is 1. The van der Waals surface area contributed by atoms with Gasteiger partial charge in [0.2, 0.25) is 0 Å². The number of nitrogen functional groups attached to an aromatic ring is 1. The summed E-state index contributed by atoms with van der Waals surface area (Å²) in [6.45, 7) is 1.66. The van der Waals surface area contributed by atoms with Crippen LogP contribution in [0.15, 0.2) is 49.6 Å². The summed E-state index contributed by atoms with van der Waals surface area (Å²) in [5.74, 6) is 0.785. The number of furan rings is 1. The molecule has 0 bridgehead atoms. The topological polar surface area (TPSA) is 172 Å². The number of nitro benzene ring substituents is 1. The number of hydrogen-bond acceptors (Lipinski definition) is 9. The molecule has 3 aromatic rings. The molecule has 26 heavy (non-hydrogen) atoms. The van der Waals surface area contributed by atoms with Gasteiger partial charge in [0.1, 0.15) is 11.5 Å². The summed E-state index contributed by atoms with van der Waals surface area (Å²) in [5, 5.41) is 25.4. The fraction of sp³-hybridized carbons (Fsp3) is 0.0667. The van der Waals surface area contributed by atoms with Crippen molar-refractivity contribution in [3.8, 4) is 11.3 Å². The average molecular weight is 355 g/mol. The Kier molecular flexibility index (Phi) is 4.43. The molecular formula is C15H13N7O4. The molecule has 0 saturated carbocycles. The first-order chi connectivity index (χ1) is 12.5. The third kappa shape index (κ3) is 3.26. The lowest BCUT2D eigenvalue weighted by Gasteiger charge is -2.02. The van der Waals surface area contributed by atoms with Crippen LogP contribution in [0, 0.1) is 17.0 Å². The van der Waals surface area contributed by atoms with Crippen LogP contribution in [-0.2, 0) is 0 Å². The van der Waals surface area contributed by atoms with E-state index < -0.39 is 4.92 Å². The molecule has 2 aromatic heterocycles. The van der Waals surface area contributed by atoms with Gasteiger partial charge in [-0.15, -0.1) is 5.10 Å². The van der Waals surface area contributed by atoms with Gasteiger partial charge in [-0.3, -0.25) is 10.1 Å². The summed E-state index contributed by atoms with van der Waals surface area (Å²) in [7, 11) is 0. The maximum Gasteiger partial charge on any atom is 0.273 e. The van der Waals surface area contributed by atoms with E-state index in [0.29, 0.717) is 22.6 Å². The zero-order valence-electron chi connectivity index (χ0n) is 13.5. The van der Waals surface area contributed by atoms with Crippen LogP contribution in [0.2, 0.25) is 0 Å². The van der Waals surface area contributed by atoms with Crippen molar-refractivity contribution in [3.05, 3.63) is 57.5 Å². The third-order valence-electron chi connectivity index (χ3n) is 3.50. The normalized spacial score (nSPS) is 12.0. The van der Waals surface area contributed by atoms with Gasteiger partial charge in [0, 0.05) is 17.2 Å². The van der Waals surface area contributed by atoms with Crippen LogP contribution in [0.5, 0.6) is 0 Å². The van der Waals surface area contributed by atoms with Gasteiger partial charge in [-0.1, -0.05) is 12.1 Å². The molecule has 4 N–H and O–H groups in total. The molecule has 1 aromatic carbocycles. The lowest BCUT2D eigenvalue weighted by molar-refractivity contribution is -0.385. The monoisotopic (exact) mass is 355 g/mol. The van der Waals surface area contributed by atoms with Gasteiger partial charge < -0.3 is 15.9 Å². The molecule has 0 saturated heterocycles. The van der Waals surface area contributed by atoms with Crippen LogP contribution < -0.4 is 11.5 Å². The van der Waals surface area contributed by atoms with E-state index in [1.807, 2.05) is 0 Å². The molecule has 0 aliphatic heterocycles. The Morgan fingerprint density at radius 1 is 1.31 bits per heavy atom. The number of anilines is 1. The van der Waals surface area contributed by atoms with Crippen LogP contribution in [0.1, 0.15) is 17.0 Å². The minimum absolute atomic E-state index is 0.00267. The molecule has 0 fully saturated rings. The van der Waals surface area contributed by atoms with Crippen LogP contribution in [0.3, 0.4) is 0 Å². The first kappa shape index (κ1) is 16.8. The van der Waals surface area contributed by atoms with Crippen molar-refractivity contribution >= 4 is 23.6 Å². The second-order valence-electron chi connectivity index (χ2n) is 5.14. The number of hydrogen-bond donors (Lipinski definition) is 2. The van der Waals surface area contributed by atoms with Gasteiger partial charge in [-0.2, -0.15) is 5.10 Å². The number of aromatic nitrogens is 2. The predicted octanol–water partition coefficient (Wildman–Crippen LogP) is 1.87. The minimum Gasteiger partial charge on any atom is -0.455 e.